The van der Waals surface area contributed by atoms with Gasteiger partial charge in [0.05, 0.1) is 16.0 Å². The van der Waals surface area contributed by atoms with Crippen LogP contribution in [-0.2, 0) is 0 Å². The van der Waals surface area contributed by atoms with Crippen LogP contribution < -0.4 is 5.73 Å². The van der Waals surface area contributed by atoms with E-state index in [1.807, 2.05) is 30.3 Å². The molecule has 4 heteroatoms. The smallest absolute Gasteiger partial charge is 0.137 e. The molecule has 0 aliphatic heterocycles. The first-order valence-electron chi connectivity index (χ1n) is 6.21. The minimum Gasteiger partial charge on any atom is -0.320 e. The normalized spacial score (nSPS) is 12.6. The van der Waals surface area contributed by atoms with Gasteiger partial charge in [-0.15, -0.1) is 0 Å². The van der Waals surface area contributed by atoms with E-state index in [9.17, 15) is 4.39 Å². The minimum atomic E-state index is -0.320. The Morgan fingerprint density at radius 2 is 1.95 bits per heavy atom. The number of halogens is 2. The zero-order valence-corrected chi connectivity index (χ0v) is 12.1. The summed E-state index contributed by atoms with van der Waals surface area (Å²) in [6.45, 7) is 0. The van der Waals surface area contributed by atoms with Gasteiger partial charge in [0, 0.05) is 11.6 Å². The maximum atomic E-state index is 13.3. The molecule has 0 saturated heterocycles. The van der Waals surface area contributed by atoms with Crippen molar-refractivity contribution in [2.75, 3.05) is 0 Å². The highest BCUT2D eigenvalue weighted by atomic mass is 79.9. The fraction of sp³-hybridized carbons (Fsp3) is 0.0625. The van der Waals surface area contributed by atoms with Gasteiger partial charge in [-0.25, -0.2) is 4.39 Å². The first-order valence-corrected chi connectivity index (χ1v) is 7.00. The molecule has 3 rings (SSSR count). The Morgan fingerprint density at radius 1 is 1.10 bits per heavy atom. The van der Waals surface area contributed by atoms with E-state index in [1.165, 1.54) is 6.07 Å². The van der Waals surface area contributed by atoms with E-state index in [4.69, 9.17) is 5.73 Å². The van der Waals surface area contributed by atoms with E-state index in [-0.39, 0.29) is 11.9 Å². The Bertz CT molecular complexity index is 768. The molecule has 1 heterocycles. The van der Waals surface area contributed by atoms with Crippen molar-refractivity contribution in [3.05, 3.63) is 76.1 Å². The van der Waals surface area contributed by atoms with E-state index in [1.54, 1.807) is 18.3 Å². The highest BCUT2D eigenvalue weighted by Crippen LogP contribution is 2.28. The highest BCUT2D eigenvalue weighted by Gasteiger charge is 2.13. The van der Waals surface area contributed by atoms with Gasteiger partial charge in [-0.2, -0.15) is 0 Å². The zero-order chi connectivity index (χ0) is 14.1. The van der Waals surface area contributed by atoms with Crippen LogP contribution in [0.25, 0.3) is 10.9 Å². The lowest BCUT2D eigenvalue weighted by molar-refractivity contribution is 0.619. The van der Waals surface area contributed by atoms with Gasteiger partial charge in [-0.05, 0) is 51.3 Å². The van der Waals surface area contributed by atoms with Crippen molar-refractivity contribution < 1.29 is 4.39 Å². The summed E-state index contributed by atoms with van der Waals surface area (Å²) in [4.78, 5) is 4.32. The number of nitrogens with zero attached hydrogens (tertiary/aromatic N) is 1. The van der Waals surface area contributed by atoms with Crippen molar-refractivity contribution in [1.82, 2.24) is 4.98 Å². The maximum Gasteiger partial charge on any atom is 0.137 e. The lowest BCUT2D eigenvalue weighted by atomic mass is 9.96. The van der Waals surface area contributed by atoms with Gasteiger partial charge in [0.15, 0.2) is 0 Å². The summed E-state index contributed by atoms with van der Waals surface area (Å²) < 4.78 is 13.7. The number of benzene rings is 2. The molecule has 0 aliphatic rings. The number of rotatable bonds is 2. The van der Waals surface area contributed by atoms with Crippen LogP contribution in [0, 0.1) is 5.82 Å². The molecule has 0 bridgehead atoms. The second-order valence-corrected chi connectivity index (χ2v) is 5.42. The Morgan fingerprint density at radius 3 is 2.75 bits per heavy atom. The largest absolute Gasteiger partial charge is 0.320 e. The average molecular weight is 331 g/mol. The summed E-state index contributed by atoms with van der Waals surface area (Å²) in [5.74, 6) is -0.291. The van der Waals surface area contributed by atoms with Crippen LogP contribution in [-0.4, -0.2) is 4.98 Å². The first-order chi connectivity index (χ1) is 9.66. The van der Waals surface area contributed by atoms with Crippen LogP contribution in [0.15, 0.2) is 59.2 Å². The number of hydrogen-bond acceptors (Lipinski definition) is 2. The highest BCUT2D eigenvalue weighted by molar-refractivity contribution is 9.10. The molecule has 0 aliphatic carbocycles. The Labute approximate surface area is 124 Å². The van der Waals surface area contributed by atoms with Gasteiger partial charge in [0.25, 0.3) is 0 Å². The number of fused-ring (bicyclic) bond motifs is 1. The third-order valence-corrected chi connectivity index (χ3v) is 3.92. The molecule has 2 aromatic carbocycles. The predicted octanol–water partition coefficient (Wildman–Crippen LogP) is 4.18. The molecule has 0 radical (unpaired) electrons. The fourth-order valence-electron chi connectivity index (χ4n) is 2.28. The van der Waals surface area contributed by atoms with Crippen molar-refractivity contribution in [3.63, 3.8) is 0 Å². The lowest BCUT2D eigenvalue weighted by Crippen LogP contribution is -2.12. The molecular formula is C16H12BrFN2. The predicted molar refractivity (Wildman–Crippen MR) is 81.9 cm³/mol. The topological polar surface area (TPSA) is 38.9 Å². The SMILES string of the molecule is NC(c1ccc(F)c(Br)c1)c1cccc2ncccc12. The van der Waals surface area contributed by atoms with Crippen molar-refractivity contribution >= 4 is 26.8 Å². The molecule has 0 amide bonds. The van der Waals surface area contributed by atoms with Crippen LogP contribution >= 0.6 is 15.9 Å². The molecule has 1 atom stereocenters. The molecule has 0 saturated carbocycles. The summed E-state index contributed by atoms with van der Waals surface area (Å²) >= 11 is 3.19. The summed E-state index contributed by atoms with van der Waals surface area (Å²) in [5.41, 5.74) is 9.07. The second-order valence-electron chi connectivity index (χ2n) is 4.57. The number of hydrogen-bond donors (Lipinski definition) is 1. The van der Waals surface area contributed by atoms with Crippen molar-refractivity contribution in [1.29, 1.82) is 0 Å². The monoisotopic (exact) mass is 330 g/mol. The van der Waals surface area contributed by atoms with E-state index in [0.717, 1.165) is 22.0 Å². The first kappa shape index (κ1) is 13.2. The third kappa shape index (κ3) is 2.32. The van der Waals surface area contributed by atoms with Gasteiger partial charge < -0.3 is 5.73 Å². The Hall–Kier alpha value is -1.78. The molecule has 2 nitrogen and oxygen atoms in total. The second kappa shape index (κ2) is 5.31. The summed E-state index contributed by atoms with van der Waals surface area (Å²) in [6.07, 6.45) is 1.76. The molecule has 1 unspecified atom stereocenters. The van der Waals surface area contributed by atoms with Crippen LogP contribution in [0.1, 0.15) is 17.2 Å². The Balaban J connectivity index is 2.12. The van der Waals surface area contributed by atoms with E-state index < -0.39 is 0 Å². The number of pyridine rings is 1. The van der Waals surface area contributed by atoms with Crippen LogP contribution in [0.3, 0.4) is 0 Å². The van der Waals surface area contributed by atoms with Crippen LogP contribution in [0.5, 0.6) is 0 Å². The molecule has 2 N–H and O–H groups in total. The molecule has 1 aromatic heterocycles. The average Bonchev–Trinajstić information content (AvgIpc) is 2.49. The van der Waals surface area contributed by atoms with E-state index in [0.29, 0.717) is 4.47 Å². The summed E-state index contributed by atoms with van der Waals surface area (Å²) in [6, 6.07) is 14.3. The number of aromatic nitrogens is 1. The van der Waals surface area contributed by atoms with Gasteiger partial charge in [0.1, 0.15) is 5.82 Å². The van der Waals surface area contributed by atoms with Gasteiger partial charge in [-0.3, -0.25) is 4.98 Å². The minimum absolute atomic E-state index is 0.291. The number of nitrogens with two attached hydrogens (primary N) is 1. The summed E-state index contributed by atoms with van der Waals surface area (Å²) in [5, 5.41) is 1.02. The van der Waals surface area contributed by atoms with Crippen molar-refractivity contribution in [3.8, 4) is 0 Å². The fourth-order valence-corrected chi connectivity index (χ4v) is 2.68. The third-order valence-electron chi connectivity index (χ3n) is 3.32. The molecule has 0 fully saturated rings. The Kier molecular flexibility index (Phi) is 3.51. The quantitative estimate of drug-likeness (QED) is 0.765. The molecular weight excluding hydrogens is 319 g/mol. The van der Waals surface area contributed by atoms with Gasteiger partial charge in [-0.1, -0.05) is 24.3 Å². The zero-order valence-electron chi connectivity index (χ0n) is 10.6. The van der Waals surface area contributed by atoms with Crippen molar-refractivity contribution in [2.45, 2.75) is 6.04 Å². The molecule has 3 aromatic rings. The van der Waals surface area contributed by atoms with Crippen LogP contribution in [0.4, 0.5) is 4.39 Å². The van der Waals surface area contributed by atoms with Gasteiger partial charge in [0.2, 0.25) is 0 Å². The van der Waals surface area contributed by atoms with Gasteiger partial charge >= 0.3 is 0 Å². The van der Waals surface area contributed by atoms with E-state index >= 15 is 0 Å². The standard InChI is InChI=1S/C16H12BrFN2/c17-13-9-10(6-7-14(13)18)16(19)12-3-1-5-15-11(12)4-2-8-20-15/h1-9,16H,19H2. The van der Waals surface area contributed by atoms with Crippen molar-refractivity contribution in [2.24, 2.45) is 5.73 Å². The molecule has 100 valence electrons. The maximum absolute atomic E-state index is 13.3. The molecule has 20 heavy (non-hydrogen) atoms. The summed E-state index contributed by atoms with van der Waals surface area (Å²) in [7, 11) is 0. The molecule has 0 spiro atoms. The van der Waals surface area contributed by atoms with E-state index in [2.05, 4.69) is 20.9 Å². The lowest BCUT2D eigenvalue weighted by Gasteiger charge is -2.15. The van der Waals surface area contributed by atoms with Crippen LogP contribution in [0.2, 0.25) is 0 Å².